The van der Waals surface area contributed by atoms with Gasteiger partial charge in [0.05, 0.1) is 0 Å². The summed E-state index contributed by atoms with van der Waals surface area (Å²) in [5.41, 5.74) is -0.811. The molecular weight excluding hydrogens is 416 g/mol. The maximum Gasteiger partial charge on any atom is 1.00 e. The Balaban J connectivity index is -0.00000156. The summed E-state index contributed by atoms with van der Waals surface area (Å²) in [6.07, 6.45) is 0. The molecule has 2 N–H and O–H groups in total. The van der Waals surface area contributed by atoms with E-state index in [1.807, 2.05) is 0 Å². The summed E-state index contributed by atoms with van der Waals surface area (Å²) >= 11 is 0. The Hall–Kier alpha value is -0.210. The van der Waals surface area contributed by atoms with Gasteiger partial charge in [0, 0.05) is 11.1 Å². The Kier molecular flexibility index (Phi) is 9.25. The Morgan fingerprint density at radius 2 is 1.08 bits per heavy atom. The van der Waals surface area contributed by atoms with Crippen LogP contribution in [0.3, 0.4) is 0 Å². The van der Waals surface area contributed by atoms with Crippen LogP contribution in [0.1, 0.15) is 18.8 Å². The number of halogens is 2. The van der Waals surface area contributed by atoms with Gasteiger partial charge in [-0.25, -0.2) is 8.78 Å². The smallest absolute Gasteiger partial charge is 1.00 e. The zero-order valence-corrected chi connectivity index (χ0v) is 19.1. The van der Waals surface area contributed by atoms with Gasteiger partial charge in [-0.1, -0.05) is 0 Å². The van der Waals surface area contributed by atoms with Crippen molar-refractivity contribution in [3.05, 3.63) is 59.2 Å². The molecule has 2 aromatic rings. The number of carbonyl (C=O) groups is 1. The topological polar surface area (TPSA) is 126 Å². The van der Waals surface area contributed by atoms with Gasteiger partial charge in [0.25, 0.3) is 20.2 Å². The third-order valence-corrected chi connectivity index (χ3v) is 4.68. The fourth-order valence-corrected chi connectivity index (χ4v) is 3.03. The van der Waals surface area contributed by atoms with Crippen molar-refractivity contribution < 1.29 is 101 Å². The van der Waals surface area contributed by atoms with E-state index in [0.717, 1.165) is 12.1 Å². The van der Waals surface area contributed by atoms with Crippen LogP contribution in [0.15, 0.2) is 46.2 Å². The van der Waals surface area contributed by atoms with Crippen molar-refractivity contribution in [1.29, 1.82) is 0 Å². The first-order valence-electron chi connectivity index (χ1n) is 6.00. The van der Waals surface area contributed by atoms with E-state index in [1.165, 1.54) is 0 Å². The predicted octanol–water partition coefficient (Wildman–Crippen LogP) is -4.08. The molecule has 0 saturated carbocycles. The molecule has 2 rings (SSSR count). The predicted molar refractivity (Wildman–Crippen MR) is 78.1 cm³/mol. The van der Waals surface area contributed by atoms with Crippen LogP contribution in [0.5, 0.6) is 0 Å². The molecule has 0 spiro atoms. The van der Waals surface area contributed by atoms with Crippen LogP contribution >= 0.6 is 0 Å². The molecule has 2 aromatic carbocycles. The molecule has 0 fully saturated rings. The van der Waals surface area contributed by atoms with E-state index in [9.17, 15) is 30.4 Å². The Morgan fingerprint density at radius 3 is 1.35 bits per heavy atom. The largest absolute Gasteiger partial charge is 1.00 e. The van der Waals surface area contributed by atoms with Crippen molar-refractivity contribution in [3.63, 3.8) is 0 Å². The molecule has 0 unspecified atom stereocenters. The minimum atomic E-state index is -4.93. The van der Waals surface area contributed by atoms with Gasteiger partial charge < -0.3 is 2.85 Å². The first-order chi connectivity index (χ1) is 10.9. The van der Waals surface area contributed by atoms with Gasteiger partial charge in [0.1, 0.15) is 21.4 Å². The Labute approximate surface area is 194 Å². The van der Waals surface area contributed by atoms with Crippen LogP contribution in [-0.4, -0.2) is 31.7 Å². The van der Waals surface area contributed by atoms with Gasteiger partial charge in [-0.05, 0) is 36.4 Å². The van der Waals surface area contributed by atoms with E-state index in [-0.39, 0.29) is 62.0 Å². The minimum Gasteiger partial charge on any atom is -1.00 e. The first kappa shape index (κ1) is 25.8. The number of benzene rings is 2. The quantitative estimate of drug-likeness (QED) is 0.289. The second-order valence-corrected chi connectivity index (χ2v) is 7.35. The van der Waals surface area contributed by atoms with Crippen LogP contribution in [0, 0.1) is 11.6 Å². The van der Waals surface area contributed by atoms with E-state index >= 15 is 0 Å². The summed E-state index contributed by atoms with van der Waals surface area (Å²) in [4.78, 5) is 9.93. The van der Waals surface area contributed by atoms with E-state index < -0.39 is 58.6 Å². The molecule has 0 saturated heterocycles. The zero-order chi connectivity index (χ0) is 18.3. The molecule has 13 heteroatoms. The van der Waals surface area contributed by atoms with Gasteiger partial charge in [-0.15, -0.1) is 0 Å². The monoisotopic (exact) mass is 426 g/mol. The number of hydrogen-bond donors (Lipinski definition) is 2. The molecule has 7 nitrogen and oxygen atoms in total. The summed E-state index contributed by atoms with van der Waals surface area (Å²) < 4.78 is 88.7. The van der Waals surface area contributed by atoms with Gasteiger partial charge >= 0.3 is 59.1 Å². The van der Waals surface area contributed by atoms with Crippen LogP contribution < -0.4 is 59.1 Å². The molecule has 132 valence electrons. The average molecular weight is 426 g/mol. The maximum absolute atomic E-state index is 13.4. The molecule has 0 atom stereocenters. The van der Waals surface area contributed by atoms with Crippen LogP contribution in [0.25, 0.3) is 0 Å². The van der Waals surface area contributed by atoms with Crippen LogP contribution in [0.2, 0.25) is 0 Å². The van der Waals surface area contributed by atoms with Crippen molar-refractivity contribution >= 4 is 26.0 Å². The number of hydrogen-bond acceptors (Lipinski definition) is 5. The number of rotatable bonds is 4. The van der Waals surface area contributed by atoms with Crippen molar-refractivity contribution in [2.45, 2.75) is 9.79 Å². The number of ketones is 1. The molecule has 0 amide bonds. The van der Waals surface area contributed by atoms with Gasteiger partial charge in [0.2, 0.25) is 0 Å². The third kappa shape index (κ3) is 5.89. The van der Waals surface area contributed by atoms with Gasteiger partial charge in [-0.2, -0.15) is 16.8 Å². The summed E-state index contributed by atoms with van der Waals surface area (Å²) in [7, 11) is -9.87. The molecule has 0 aliphatic rings. The summed E-state index contributed by atoms with van der Waals surface area (Å²) in [5, 5.41) is 0. The molecule has 0 aliphatic carbocycles. The average Bonchev–Trinajstić information content (AvgIpc) is 2.45. The van der Waals surface area contributed by atoms with E-state index in [0.29, 0.717) is 24.3 Å². The molecule has 0 radical (unpaired) electrons. The molecule has 0 aromatic heterocycles. The van der Waals surface area contributed by atoms with Crippen molar-refractivity contribution in [3.8, 4) is 0 Å². The van der Waals surface area contributed by atoms with Crippen molar-refractivity contribution in [2.75, 3.05) is 0 Å². The van der Waals surface area contributed by atoms with Crippen molar-refractivity contribution in [2.24, 2.45) is 0 Å². The van der Waals surface area contributed by atoms with Gasteiger partial charge in [0.15, 0.2) is 5.78 Å². The molecular formula is C13H10F2Na2O7S2. The number of carbonyl (C=O) groups excluding carboxylic acids is 1. The fourth-order valence-electron chi connectivity index (χ4n) is 1.85. The zero-order valence-electron chi connectivity index (χ0n) is 15.5. The summed E-state index contributed by atoms with van der Waals surface area (Å²) in [6.45, 7) is 0. The second kappa shape index (κ2) is 9.32. The molecule has 0 bridgehead atoms. The van der Waals surface area contributed by atoms with E-state index in [4.69, 9.17) is 9.11 Å². The fraction of sp³-hybridized carbons (Fsp3) is 0. The standard InChI is InChI=1S/C13H8F2O7S2.2Na.2H/c14-9-3-1-7(5-11(9)23(17,18)19)13(16)8-2-4-10(15)12(6-8)24(20,21)22;;;;/h1-6H,(H,17,18,19)(H,20,21,22);;;;/q;2*+1;2*-1. The normalized spacial score (nSPS) is 11.2. The second-order valence-electron chi connectivity index (χ2n) is 4.57. The van der Waals surface area contributed by atoms with Gasteiger partial charge in [-0.3, -0.25) is 13.9 Å². The molecule has 0 aliphatic heterocycles. The van der Waals surface area contributed by atoms with E-state index in [1.54, 1.807) is 0 Å². The van der Waals surface area contributed by atoms with Crippen molar-refractivity contribution in [1.82, 2.24) is 0 Å². The minimum absolute atomic E-state index is 0. The SMILES string of the molecule is O=C(c1ccc(F)c(S(=O)(=O)O)c1)c1ccc(F)c(S(=O)(=O)O)c1.[H-].[H-].[Na+].[Na+]. The van der Waals surface area contributed by atoms with Crippen LogP contribution in [-0.2, 0) is 20.2 Å². The first-order valence-corrected chi connectivity index (χ1v) is 8.88. The third-order valence-electron chi connectivity index (χ3n) is 2.94. The van der Waals surface area contributed by atoms with Crippen LogP contribution in [0.4, 0.5) is 8.78 Å². The van der Waals surface area contributed by atoms with E-state index in [2.05, 4.69) is 0 Å². The summed E-state index contributed by atoms with van der Waals surface area (Å²) in [5.74, 6) is -3.58. The Bertz CT molecular complexity index is 981. The maximum atomic E-state index is 13.4. The molecule has 26 heavy (non-hydrogen) atoms. The summed E-state index contributed by atoms with van der Waals surface area (Å²) in [6, 6.07) is 4.10. The Morgan fingerprint density at radius 1 is 0.769 bits per heavy atom. The molecule has 0 heterocycles.